The fraction of sp³-hybridized carbons (Fsp3) is 0.0588. The number of halogens is 24. The van der Waals surface area contributed by atoms with Gasteiger partial charge in [-0.25, -0.2) is 18.3 Å². The maximum Gasteiger partial charge on any atom is 0.173 e. The smallest absolute Gasteiger partial charge is 0.173 e. The molecule has 0 atom stereocenters. The van der Waals surface area contributed by atoms with Gasteiger partial charge in [-0.1, -0.05) is 97.1 Å². The monoisotopic (exact) mass is 1500 g/mol. The van der Waals surface area contributed by atoms with E-state index in [0.717, 1.165) is 26.2 Å². The van der Waals surface area contributed by atoms with Crippen molar-refractivity contribution in [2.24, 2.45) is 0 Å². The van der Waals surface area contributed by atoms with Crippen molar-refractivity contribution in [3.05, 3.63) is 266 Å². The molecule has 26 aliphatic rings. The molecule has 14 aromatic rings. The van der Waals surface area contributed by atoms with Crippen LogP contribution in [0.2, 0.25) is 0 Å². The molecule has 528 valence electrons. The summed E-state index contributed by atoms with van der Waals surface area (Å²) < 4.78 is 246. The number of hydrogen-bond donors (Lipinski definition) is 0. The van der Waals surface area contributed by atoms with Crippen LogP contribution in [0.1, 0.15) is 22.3 Å². The molecule has 4 aromatic heterocycles. The van der Waals surface area contributed by atoms with Gasteiger partial charge in [0.25, 0.3) is 0 Å². The number of rotatable bonds is 0. The standard InChI is InChI=1S/C68H48N4.4F6P/c1-2-46-4-3-45(1)41-69-25-17-49(18-26-69)61-33-53-9-11-57-37-63(38-58-12-10-54(34-61)65(53)67(57)58)51-21-29-71(30-22-51)43-47-5-7-48(8-6-47)44-72-31-23-52(24-32-72)64-39-59-15-13-55-35-62(50-19-27-70(42-46)28-20-50)36-56-14-16-60(40-64)68(59)66(55)56;4*1-7(2,3,4,5)6/h1-40H,41-44H2;;;;/q+4;4*-1. The van der Waals surface area contributed by atoms with Crippen molar-refractivity contribution in [2.45, 2.75) is 26.2 Å². The minimum atomic E-state index is -10.7. The Balaban J connectivity index is 0.000000305. The summed E-state index contributed by atoms with van der Waals surface area (Å²) in [6.45, 7) is 3.27. The van der Waals surface area contributed by atoms with E-state index in [-0.39, 0.29) is 0 Å². The zero-order valence-corrected chi connectivity index (χ0v) is 54.1. The van der Waals surface area contributed by atoms with Crippen molar-refractivity contribution in [3.8, 4) is 44.5 Å². The van der Waals surface area contributed by atoms with E-state index in [1.54, 1.807) is 0 Å². The van der Waals surface area contributed by atoms with Gasteiger partial charge in [-0.2, -0.15) is 0 Å². The summed E-state index contributed by atoms with van der Waals surface area (Å²) in [5.41, 5.74) is 15.0. The summed E-state index contributed by atoms with van der Waals surface area (Å²) in [4.78, 5) is 0. The third-order valence-corrected chi connectivity index (χ3v) is 15.5. The molecule has 0 radical (unpaired) electrons. The minimum Gasteiger partial charge on any atom is -0.201 e. The molecule has 28 bridgehead atoms. The summed E-state index contributed by atoms with van der Waals surface area (Å²) in [6, 6.07) is 73.5. The maximum atomic E-state index is 9.87. The van der Waals surface area contributed by atoms with E-state index in [1.807, 2.05) is 0 Å². The van der Waals surface area contributed by atoms with Gasteiger partial charge < -0.3 is 0 Å². The molecule has 26 aliphatic heterocycles. The first kappa shape index (κ1) is 72.2. The van der Waals surface area contributed by atoms with Crippen molar-refractivity contribution in [3.63, 3.8) is 0 Å². The van der Waals surface area contributed by atoms with Crippen LogP contribution < -0.4 is 18.3 Å². The summed E-state index contributed by atoms with van der Waals surface area (Å²) in [7, 11) is -42.6. The normalized spacial score (nSPS) is 15.7. The average Bonchev–Trinajstić information content (AvgIpc) is 0.736. The summed E-state index contributed by atoms with van der Waals surface area (Å²) >= 11 is 0. The molecule has 0 N–H and O–H groups in total. The number of benzene rings is 10. The molecule has 10 aromatic carbocycles. The molecule has 100 heavy (non-hydrogen) atoms. The second-order valence-corrected chi connectivity index (χ2v) is 31.6. The van der Waals surface area contributed by atoms with Crippen molar-refractivity contribution in [1.82, 2.24) is 0 Å². The number of pyridine rings is 4. The van der Waals surface area contributed by atoms with E-state index >= 15 is 0 Å². The first-order chi connectivity index (χ1) is 45.3. The Morgan fingerprint density at radius 1 is 0.170 bits per heavy atom. The van der Waals surface area contributed by atoms with E-state index in [9.17, 15) is 101 Å². The number of hydrogen-bond acceptors (Lipinski definition) is 0. The van der Waals surface area contributed by atoms with E-state index in [4.69, 9.17) is 0 Å². The van der Waals surface area contributed by atoms with Gasteiger partial charge in [0.15, 0.2) is 75.8 Å². The van der Waals surface area contributed by atoms with E-state index in [2.05, 4.69) is 262 Å². The second kappa shape index (κ2) is 22.2. The predicted molar refractivity (Wildman–Crippen MR) is 346 cm³/mol. The fourth-order valence-corrected chi connectivity index (χ4v) is 11.7. The van der Waals surface area contributed by atoms with Gasteiger partial charge in [0.1, 0.15) is 0 Å². The molecule has 32 heteroatoms. The van der Waals surface area contributed by atoms with Crippen LogP contribution in [0.4, 0.5) is 101 Å². The molecule has 4 nitrogen and oxygen atoms in total. The first-order valence-electron chi connectivity index (χ1n) is 29.2. The number of aromatic nitrogens is 4. The van der Waals surface area contributed by atoms with Crippen LogP contribution in [-0.2, 0) is 26.2 Å². The molecular formula is C68H48F24N4P4. The Kier molecular flexibility index (Phi) is 16.0. The van der Waals surface area contributed by atoms with Crippen LogP contribution in [0.25, 0.3) is 109 Å². The van der Waals surface area contributed by atoms with Gasteiger partial charge in [-0.15, -0.1) is 0 Å². The minimum absolute atomic E-state index is 0.816. The third kappa shape index (κ3) is 22.5. The van der Waals surface area contributed by atoms with Gasteiger partial charge in [-0.05, 0) is 158 Å². The molecule has 0 saturated carbocycles. The summed E-state index contributed by atoms with van der Waals surface area (Å²) in [5, 5.41) is 15.6. The molecule has 0 aliphatic carbocycles. The molecule has 0 amide bonds. The molecule has 30 heterocycles. The van der Waals surface area contributed by atoms with Gasteiger partial charge in [0, 0.05) is 70.8 Å². The molecule has 0 saturated heterocycles. The van der Waals surface area contributed by atoms with Crippen LogP contribution in [0.3, 0.4) is 0 Å². The Bertz CT molecular complexity index is 4580. The van der Waals surface area contributed by atoms with Gasteiger partial charge in [0.2, 0.25) is 0 Å². The Morgan fingerprint density at radius 2 is 0.290 bits per heavy atom. The molecule has 0 fully saturated rings. The van der Waals surface area contributed by atoms with Crippen LogP contribution in [0, 0.1) is 0 Å². The predicted octanol–water partition coefficient (Wildman–Crippen LogP) is 27.3. The van der Waals surface area contributed by atoms with Crippen LogP contribution in [0.15, 0.2) is 244 Å². The Morgan fingerprint density at radius 3 is 0.410 bits per heavy atom. The van der Waals surface area contributed by atoms with Crippen molar-refractivity contribution in [1.29, 1.82) is 0 Å². The van der Waals surface area contributed by atoms with E-state index < -0.39 is 31.2 Å². The van der Waals surface area contributed by atoms with Crippen molar-refractivity contribution < 1.29 is 119 Å². The average molecular weight is 1500 g/mol. The van der Waals surface area contributed by atoms with Crippen LogP contribution in [0.5, 0.6) is 0 Å². The van der Waals surface area contributed by atoms with Crippen LogP contribution in [-0.4, -0.2) is 0 Å². The molecule has 0 unspecified atom stereocenters. The summed E-state index contributed by atoms with van der Waals surface area (Å²) in [6.07, 6.45) is 17.7. The summed E-state index contributed by atoms with van der Waals surface area (Å²) in [5.74, 6) is 0. The molecular weight excluding hydrogens is 1450 g/mol. The molecule has 0 spiro atoms. The van der Waals surface area contributed by atoms with Gasteiger partial charge >= 0.3 is 132 Å². The number of nitrogens with zero attached hydrogens (tertiary/aromatic N) is 4. The van der Waals surface area contributed by atoms with Crippen LogP contribution >= 0.6 is 31.2 Å². The fourth-order valence-electron chi connectivity index (χ4n) is 11.7. The SMILES string of the molecule is F[P-](F)(F)(F)(F)F.F[P-](F)(F)(F)(F)F.F[P-](F)(F)(F)(F)F.F[P-](F)(F)(F)(F)F.c1cc2ccc1C[n+]1ccc(cc1)-c1cc3ccc4cc(cc5ccc(c1)c3c45)-c1cc[n+](cc1)Cc1ccc(cc1)C[n+]1ccc(cc1)-c1cc3ccc4cc(cc5ccc(c1)c3c45)-c1cc[n+](cc1)C2. The van der Waals surface area contributed by atoms with E-state index in [1.165, 1.54) is 131 Å². The zero-order chi connectivity index (χ0) is 72.9. The molecule has 40 rings (SSSR count). The quantitative estimate of drug-likeness (QED) is 0.0622. The van der Waals surface area contributed by atoms with Crippen molar-refractivity contribution in [2.75, 3.05) is 0 Å². The first-order valence-corrected chi connectivity index (χ1v) is 37.3. The topological polar surface area (TPSA) is 15.5 Å². The Labute approximate surface area is 549 Å². The van der Waals surface area contributed by atoms with Gasteiger partial charge in [0.05, 0.1) is 0 Å². The Hall–Kier alpha value is -9.08. The largest absolute Gasteiger partial charge is 0.201 e. The zero-order valence-electron chi connectivity index (χ0n) is 50.6. The van der Waals surface area contributed by atoms with Crippen molar-refractivity contribution >= 4 is 95.9 Å². The maximum absolute atomic E-state index is 10.7. The van der Waals surface area contributed by atoms with E-state index in [0.29, 0.717) is 0 Å². The third-order valence-electron chi connectivity index (χ3n) is 15.5. The second-order valence-electron chi connectivity index (χ2n) is 24.0. The van der Waals surface area contributed by atoms with Gasteiger partial charge in [-0.3, -0.25) is 0 Å².